The van der Waals surface area contributed by atoms with Gasteiger partial charge in [-0.3, -0.25) is 4.79 Å². The second-order valence-corrected chi connectivity index (χ2v) is 4.49. The van der Waals surface area contributed by atoms with Crippen LogP contribution in [0.15, 0.2) is 42.5 Å². The molecule has 0 aliphatic carbocycles. The number of nitrogens with zero attached hydrogens (tertiary/aromatic N) is 2. The van der Waals surface area contributed by atoms with E-state index in [0.29, 0.717) is 24.0 Å². The molecule has 0 fully saturated rings. The number of halogens is 1. The molecule has 0 N–H and O–H groups in total. The zero-order valence-corrected chi connectivity index (χ0v) is 11.0. The first-order valence-electron chi connectivity index (χ1n) is 6.09. The Hall–Kier alpha value is -2.67. The van der Waals surface area contributed by atoms with E-state index >= 15 is 0 Å². The van der Waals surface area contributed by atoms with E-state index in [2.05, 4.69) is 6.07 Å². The third-order valence-electron chi connectivity index (χ3n) is 3.02. The van der Waals surface area contributed by atoms with Crippen molar-refractivity contribution in [3.63, 3.8) is 0 Å². The lowest BCUT2D eigenvalue weighted by Gasteiger charge is -2.20. The molecule has 100 valence electrons. The number of anilines is 1. The summed E-state index contributed by atoms with van der Waals surface area (Å²) in [6.45, 7) is 0.551. The zero-order valence-electron chi connectivity index (χ0n) is 11.0. The summed E-state index contributed by atoms with van der Waals surface area (Å²) >= 11 is 0. The first kappa shape index (κ1) is 13.8. The Balaban J connectivity index is 2.25. The maximum absolute atomic E-state index is 12.9. The Kier molecular flexibility index (Phi) is 4.11. The van der Waals surface area contributed by atoms with Gasteiger partial charge in [0.25, 0.3) is 0 Å². The van der Waals surface area contributed by atoms with E-state index in [1.165, 1.54) is 12.1 Å². The van der Waals surface area contributed by atoms with Crippen LogP contribution in [0, 0.1) is 17.1 Å². The van der Waals surface area contributed by atoms with Gasteiger partial charge in [0.05, 0.1) is 11.3 Å². The SMILES string of the molecule is CN(Cc1ccc(F)cc1)c1ccc(C=O)cc1C#N. The molecule has 0 amide bonds. The molecule has 0 atom stereocenters. The molecule has 2 aromatic carbocycles. The summed E-state index contributed by atoms with van der Waals surface area (Å²) in [5.74, 6) is -0.274. The highest BCUT2D eigenvalue weighted by atomic mass is 19.1. The Labute approximate surface area is 116 Å². The van der Waals surface area contributed by atoms with E-state index in [4.69, 9.17) is 5.26 Å². The maximum atomic E-state index is 12.9. The fourth-order valence-corrected chi connectivity index (χ4v) is 2.00. The number of rotatable bonds is 4. The molecule has 0 saturated heterocycles. The maximum Gasteiger partial charge on any atom is 0.150 e. The number of benzene rings is 2. The second kappa shape index (κ2) is 5.98. The lowest BCUT2D eigenvalue weighted by molar-refractivity contribution is 0.112. The summed E-state index contributed by atoms with van der Waals surface area (Å²) in [7, 11) is 1.85. The van der Waals surface area contributed by atoms with Gasteiger partial charge in [-0.2, -0.15) is 5.26 Å². The number of aldehydes is 1. The summed E-state index contributed by atoms with van der Waals surface area (Å²) in [6.07, 6.45) is 0.713. The average Bonchev–Trinajstić information content (AvgIpc) is 2.48. The molecule has 0 unspecified atom stereocenters. The van der Waals surface area contributed by atoms with Crippen LogP contribution in [0.1, 0.15) is 21.5 Å². The third kappa shape index (κ3) is 3.01. The number of carbonyl (C=O) groups is 1. The van der Waals surface area contributed by atoms with Gasteiger partial charge < -0.3 is 4.90 Å². The number of hydrogen-bond donors (Lipinski definition) is 0. The number of nitriles is 1. The van der Waals surface area contributed by atoms with Crippen LogP contribution in [0.2, 0.25) is 0 Å². The predicted molar refractivity (Wildman–Crippen MR) is 75.1 cm³/mol. The molecule has 0 aromatic heterocycles. The van der Waals surface area contributed by atoms with Crippen molar-refractivity contribution in [3.05, 3.63) is 65.0 Å². The van der Waals surface area contributed by atoms with Crippen LogP contribution >= 0.6 is 0 Å². The van der Waals surface area contributed by atoms with E-state index in [0.717, 1.165) is 11.3 Å². The molecular weight excluding hydrogens is 255 g/mol. The van der Waals surface area contributed by atoms with Crippen molar-refractivity contribution in [1.82, 2.24) is 0 Å². The van der Waals surface area contributed by atoms with Gasteiger partial charge in [0.1, 0.15) is 18.2 Å². The predicted octanol–water partition coefficient (Wildman–Crippen LogP) is 3.15. The van der Waals surface area contributed by atoms with E-state index in [9.17, 15) is 9.18 Å². The van der Waals surface area contributed by atoms with Crippen LogP contribution in [-0.2, 0) is 6.54 Å². The largest absolute Gasteiger partial charge is 0.369 e. The number of hydrogen-bond acceptors (Lipinski definition) is 3. The van der Waals surface area contributed by atoms with Gasteiger partial charge in [0.15, 0.2) is 0 Å². The summed E-state index contributed by atoms with van der Waals surface area (Å²) < 4.78 is 12.9. The minimum atomic E-state index is -0.274. The van der Waals surface area contributed by atoms with Crippen LogP contribution in [-0.4, -0.2) is 13.3 Å². The molecule has 0 bridgehead atoms. The normalized spacial score (nSPS) is 9.85. The molecule has 0 aliphatic rings. The van der Waals surface area contributed by atoms with Crippen LogP contribution in [0.25, 0.3) is 0 Å². The highest BCUT2D eigenvalue weighted by Gasteiger charge is 2.09. The molecular formula is C16H13FN2O. The van der Waals surface area contributed by atoms with Gasteiger partial charge in [-0.05, 0) is 35.9 Å². The smallest absolute Gasteiger partial charge is 0.150 e. The van der Waals surface area contributed by atoms with Crippen molar-refractivity contribution in [2.45, 2.75) is 6.54 Å². The second-order valence-electron chi connectivity index (χ2n) is 4.49. The zero-order chi connectivity index (χ0) is 14.5. The molecule has 0 aliphatic heterocycles. The number of carbonyl (C=O) groups excluding carboxylic acids is 1. The highest BCUT2D eigenvalue weighted by molar-refractivity contribution is 5.78. The third-order valence-corrected chi connectivity index (χ3v) is 3.02. The van der Waals surface area contributed by atoms with Gasteiger partial charge >= 0.3 is 0 Å². The summed E-state index contributed by atoms with van der Waals surface area (Å²) in [5, 5.41) is 9.15. The fraction of sp³-hybridized carbons (Fsp3) is 0.125. The molecule has 4 heteroatoms. The summed E-state index contributed by atoms with van der Waals surface area (Å²) in [5.41, 5.74) is 2.60. The minimum Gasteiger partial charge on any atom is -0.369 e. The van der Waals surface area contributed by atoms with Crippen LogP contribution in [0.5, 0.6) is 0 Å². The van der Waals surface area contributed by atoms with Crippen molar-refractivity contribution >= 4 is 12.0 Å². The van der Waals surface area contributed by atoms with E-state index in [1.54, 1.807) is 30.3 Å². The van der Waals surface area contributed by atoms with Gasteiger partial charge in [-0.25, -0.2) is 4.39 Å². The quantitative estimate of drug-likeness (QED) is 0.800. The van der Waals surface area contributed by atoms with Gasteiger partial charge in [0.2, 0.25) is 0 Å². The molecule has 2 aromatic rings. The van der Waals surface area contributed by atoms with Crippen LogP contribution in [0.4, 0.5) is 10.1 Å². The molecule has 20 heavy (non-hydrogen) atoms. The van der Waals surface area contributed by atoms with Crippen molar-refractivity contribution in [1.29, 1.82) is 5.26 Å². The first-order chi connectivity index (χ1) is 9.63. The van der Waals surface area contributed by atoms with Crippen molar-refractivity contribution < 1.29 is 9.18 Å². The van der Waals surface area contributed by atoms with Crippen LogP contribution in [0.3, 0.4) is 0 Å². The monoisotopic (exact) mass is 268 g/mol. The van der Waals surface area contributed by atoms with Crippen molar-refractivity contribution in [3.8, 4) is 6.07 Å². The molecule has 0 spiro atoms. The molecule has 0 saturated carbocycles. The molecule has 0 heterocycles. The van der Waals surface area contributed by atoms with Gasteiger partial charge in [0, 0.05) is 19.2 Å². The van der Waals surface area contributed by atoms with Gasteiger partial charge in [-0.15, -0.1) is 0 Å². The Morgan fingerprint density at radius 1 is 1.25 bits per heavy atom. The Morgan fingerprint density at radius 2 is 1.95 bits per heavy atom. The average molecular weight is 268 g/mol. The Morgan fingerprint density at radius 3 is 2.55 bits per heavy atom. The van der Waals surface area contributed by atoms with Gasteiger partial charge in [-0.1, -0.05) is 12.1 Å². The Bertz CT molecular complexity index is 659. The minimum absolute atomic E-state index is 0.274. The lowest BCUT2D eigenvalue weighted by Crippen LogP contribution is -2.17. The molecule has 0 radical (unpaired) electrons. The van der Waals surface area contributed by atoms with E-state index < -0.39 is 0 Å². The van der Waals surface area contributed by atoms with E-state index in [1.807, 2.05) is 11.9 Å². The molecule has 3 nitrogen and oxygen atoms in total. The topological polar surface area (TPSA) is 44.1 Å². The highest BCUT2D eigenvalue weighted by Crippen LogP contribution is 2.21. The first-order valence-corrected chi connectivity index (χ1v) is 6.09. The van der Waals surface area contributed by atoms with Crippen LogP contribution < -0.4 is 4.90 Å². The van der Waals surface area contributed by atoms with Crippen molar-refractivity contribution in [2.24, 2.45) is 0 Å². The lowest BCUT2D eigenvalue weighted by atomic mass is 10.1. The summed E-state index contributed by atoms with van der Waals surface area (Å²) in [6, 6.07) is 13.3. The van der Waals surface area contributed by atoms with Crippen molar-refractivity contribution in [2.75, 3.05) is 11.9 Å². The fourth-order valence-electron chi connectivity index (χ4n) is 2.00. The van der Waals surface area contributed by atoms with E-state index in [-0.39, 0.29) is 5.82 Å². The summed E-state index contributed by atoms with van der Waals surface area (Å²) in [4.78, 5) is 12.6. The molecule has 2 rings (SSSR count). The standard InChI is InChI=1S/C16H13FN2O/c1-19(10-12-2-5-15(17)6-3-12)16-7-4-13(11-20)8-14(16)9-18/h2-8,11H,10H2,1H3.